The summed E-state index contributed by atoms with van der Waals surface area (Å²) in [7, 11) is 0. The Labute approximate surface area is 145 Å². The molecule has 0 bridgehead atoms. The Morgan fingerprint density at radius 2 is 2.00 bits per heavy atom. The summed E-state index contributed by atoms with van der Waals surface area (Å²) in [5, 5.41) is 1.98. The Balaban J connectivity index is 1.50. The van der Waals surface area contributed by atoms with Crippen LogP contribution in [0, 0.1) is 6.92 Å². The molecule has 0 saturated carbocycles. The minimum absolute atomic E-state index is 0.139. The Kier molecular flexibility index (Phi) is 4.02. The zero-order valence-corrected chi connectivity index (χ0v) is 14.4. The number of amides is 1. The van der Waals surface area contributed by atoms with Crippen LogP contribution in [-0.4, -0.2) is 37.1 Å². The van der Waals surface area contributed by atoms with Crippen LogP contribution >= 0.6 is 11.3 Å². The maximum atomic E-state index is 12.6. The molecule has 124 valence electrons. The average molecular weight is 341 g/mol. The minimum atomic E-state index is 0.139. The summed E-state index contributed by atoms with van der Waals surface area (Å²) in [6.45, 7) is 4.59. The molecule has 0 N–H and O–H groups in total. The zero-order chi connectivity index (χ0) is 16.5. The van der Waals surface area contributed by atoms with Gasteiger partial charge in [-0.15, -0.1) is 11.3 Å². The summed E-state index contributed by atoms with van der Waals surface area (Å²) in [4.78, 5) is 15.4. The molecule has 2 aliphatic heterocycles. The molecular weight excluding hydrogens is 322 g/mol. The van der Waals surface area contributed by atoms with Crippen LogP contribution in [0.2, 0.25) is 0 Å². The molecule has 1 aromatic carbocycles. The summed E-state index contributed by atoms with van der Waals surface area (Å²) >= 11 is 1.52. The van der Waals surface area contributed by atoms with E-state index in [2.05, 4.69) is 12.1 Å². The van der Waals surface area contributed by atoms with Crippen molar-refractivity contribution in [2.45, 2.75) is 13.3 Å². The van der Waals surface area contributed by atoms with Crippen molar-refractivity contribution in [2.24, 2.45) is 0 Å². The highest BCUT2D eigenvalue weighted by Gasteiger charge is 2.22. The lowest BCUT2D eigenvalue weighted by molar-refractivity contribution is 0.0777. The third-order valence-corrected chi connectivity index (χ3v) is 5.47. The van der Waals surface area contributed by atoms with E-state index in [9.17, 15) is 4.79 Å². The fraction of sp³-hybridized carbons (Fsp3) is 0.316. The second-order valence-corrected chi connectivity index (χ2v) is 6.94. The number of fused-ring (bicyclic) bond motifs is 1. The number of hydrogen-bond acceptors (Lipinski definition) is 4. The first-order chi connectivity index (χ1) is 11.7. The number of benzene rings is 1. The first-order valence-electron chi connectivity index (χ1n) is 8.15. The van der Waals surface area contributed by atoms with E-state index >= 15 is 0 Å². The lowest BCUT2D eigenvalue weighted by Gasteiger charge is -2.27. The minimum Gasteiger partial charge on any atom is -0.486 e. The van der Waals surface area contributed by atoms with Crippen LogP contribution in [-0.2, 0) is 0 Å². The van der Waals surface area contributed by atoms with Crippen molar-refractivity contribution in [3.63, 3.8) is 0 Å². The average Bonchev–Trinajstić information content (AvgIpc) is 3.07. The predicted molar refractivity (Wildman–Crippen MR) is 95.0 cm³/mol. The summed E-state index contributed by atoms with van der Waals surface area (Å²) in [5.41, 5.74) is 3.48. The Morgan fingerprint density at radius 1 is 1.17 bits per heavy atom. The number of nitrogens with zero attached hydrogens (tertiary/aromatic N) is 1. The predicted octanol–water partition coefficient (Wildman–Crippen LogP) is 3.76. The van der Waals surface area contributed by atoms with Gasteiger partial charge >= 0.3 is 0 Å². The number of carbonyl (C=O) groups is 1. The van der Waals surface area contributed by atoms with Gasteiger partial charge in [-0.25, -0.2) is 0 Å². The highest BCUT2D eigenvalue weighted by Crippen LogP contribution is 2.34. The van der Waals surface area contributed by atoms with E-state index in [-0.39, 0.29) is 5.91 Å². The number of hydrogen-bond donors (Lipinski definition) is 0. The molecule has 24 heavy (non-hydrogen) atoms. The fourth-order valence-electron chi connectivity index (χ4n) is 3.09. The topological polar surface area (TPSA) is 38.8 Å². The van der Waals surface area contributed by atoms with Crippen LogP contribution in [0.15, 0.2) is 35.7 Å². The largest absolute Gasteiger partial charge is 0.486 e. The molecular formula is C19H19NO3S. The van der Waals surface area contributed by atoms with E-state index in [4.69, 9.17) is 9.47 Å². The highest BCUT2D eigenvalue weighted by molar-refractivity contribution is 7.12. The standard InChI is InChI=1S/C19H19NO3S/c1-13-6-11-24-18(13)19(21)20-7-4-14(5-8-20)15-2-3-16-17(12-15)23-10-9-22-16/h2-4,6,11-12H,5,7-10H2,1H3. The molecule has 0 saturated heterocycles. The normalized spacial score (nSPS) is 16.7. The van der Waals surface area contributed by atoms with Crippen molar-refractivity contribution in [2.75, 3.05) is 26.3 Å². The number of aryl methyl sites for hydroxylation is 1. The van der Waals surface area contributed by atoms with Crippen LogP contribution in [0.1, 0.15) is 27.2 Å². The van der Waals surface area contributed by atoms with Gasteiger partial charge in [0.05, 0.1) is 4.88 Å². The van der Waals surface area contributed by atoms with Gasteiger partial charge in [0.25, 0.3) is 5.91 Å². The SMILES string of the molecule is Cc1ccsc1C(=O)N1CC=C(c2ccc3c(c2)OCCO3)CC1. The third-order valence-electron chi connectivity index (χ3n) is 4.47. The molecule has 0 radical (unpaired) electrons. The van der Waals surface area contributed by atoms with Gasteiger partial charge in [0.1, 0.15) is 13.2 Å². The Bertz CT molecular complexity index is 809. The van der Waals surface area contributed by atoms with Gasteiger partial charge < -0.3 is 14.4 Å². The van der Waals surface area contributed by atoms with E-state index in [0.29, 0.717) is 19.8 Å². The molecule has 1 amide bonds. The van der Waals surface area contributed by atoms with Gasteiger partial charge in [-0.3, -0.25) is 4.79 Å². The highest BCUT2D eigenvalue weighted by atomic mass is 32.1. The van der Waals surface area contributed by atoms with E-state index in [0.717, 1.165) is 40.5 Å². The van der Waals surface area contributed by atoms with E-state index < -0.39 is 0 Å². The molecule has 2 aliphatic rings. The smallest absolute Gasteiger partial charge is 0.264 e. The lowest BCUT2D eigenvalue weighted by Crippen LogP contribution is -2.34. The third kappa shape index (κ3) is 2.80. The van der Waals surface area contributed by atoms with Gasteiger partial charge in [0, 0.05) is 13.1 Å². The van der Waals surface area contributed by atoms with Crippen LogP contribution in [0.5, 0.6) is 11.5 Å². The van der Waals surface area contributed by atoms with Gasteiger partial charge in [-0.2, -0.15) is 0 Å². The molecule has 0 atom stereocenters. The monoisotopic (exact) mass is 341 g/mol. The fourth-order valence-corrected chi connectivity index (χ4v) is 3.99. The van der Waals surface area contributed by atoms with Crippen molar-refractivity contribution >= 4 is 22.8 Å². The molecule has 5 heteroatoms. The Hall–Kier alpha value is -2.27. The second kappa shape index (κ2) is 6.32. The molecule has 1 aromatic heterocycles. The molecule has 3 heterocycles. The van der Waals surface area contributed by atoms with Gasteiger partial charge in [-0.05, 0) is 53.6 Å². The molecule has 0 fully saturated rings. The van der Waals surface area contributed by atoms with Crippen molar-refractivity contribution in [3.05, 3.63) is 51.7 Å². The van der Waals surface area contributed by atoms with Crippen LogP contribution in [0.25, 0.3) is 5.57 Å². The molecule has 0 aliphatic carbocycles. The first kappa shape index (κ1) is 15.3. The second-order valence-electron chi connectivity index (χ2n) is 6.02. The van der Waals surface area contributed by atoms with E-state index in [1.54, 1.807) is 0 Å². The molecule has 0 spiro atoms. The molecule has 0 unspecified atom stereocenters. The first-order valence-corrected chi connectivity index (χ1v) is 9.03. The maximum Gasteiger partial charge on any atom is 0.264 e. The number of thiophene rings is 1. The Morgan fingerprint density at radius 3 is 2.71 bits per heavy atom. The molecule has 4 rings (SSSR count). The van der Waals surface area contributed by atoms with Crippen LogP contribution < -0.4 is 9.47 Å². The number of carbonyl (C=O) groups excluding carboxylic acids is 1. The molecule has 4 nitrogen and oxygen atoms in total. The summed E-state index contributed by atoms with van der Waals surface area (Å²) in [6, 6.07) is 8.08. The maximum absolute atomic E-state index is 12.6. The quantitative estimate of drug-likeness (QED) is 0.835. The van der Waals surface area contributed by atoms with E-state index in [1.807, 2.05) is 35.4 Å². The summed E-state index contributed by atoms with van der Waals surface area (Å²) in [5.74, 6) is 1.76. The van der Waals surface area contributed by atoms with E-state index in [1.165, 1.54) is 16.9 Å². The number of ether oxygens (including phenoxy) is 2. The summed E-state index contributed by atoms with van der Waals surface area (Å²) in [6.07, 6.45) is 3.01. The van der Waals surface area contributed by atoms with Crippen molar-refractivity contribution in [1.82, 2.24) is 4.90 Å². The molecule has 2 aromatic rings. The summed E-state index contributed by atoms with van der Waals surface area (Å²) < 4.78 is 11.2. The van der Waals surface area contributed by atoms with Crippen LogP contribution in [0.3, 0.4) is 0 Å². The van der Waals surface area contributed by atoms with Crippen molar-refractivity contribution in [3.8, 4) is 11.5 Å². The van der Waals surface area contributed by atoms with Gasteiger partial charge in [0.2, 0.25) is 0 Å². The van der Waals surface area contributed by atoms with Crippen molar-refractivity contribution < 1.29 is 14.3 Å². The van der Waals surface area contributed by atoms with Crippen molar-refractivity contribution in [1.29, 1.82) is 0 Å². The van der Waals surface area contributed by atoms with Gasteiger partial charge in [-0.1, -0.05) is 12.1 Å². The zero-order valence-electron chi connectivity index (χ0n) is 13.6. The van der Waals surface area contributed by atoms with Crippen LogP contribution in [0.4, 0.5) is 0 Å². The van der Waals surface area contributed by atoms with Gasteiger partial charge in [0.15, 0.2) is 11.5 Å². The number of rotatable bonds is 2. The lowest BCUT2D eigenvalue weighted by atomic mass is 9.98.